The molecule has 6 heteroatoms. The Labute approximate surface area is 138 Å². The minimum atomic E-state index is -0.588. The van der Waals surface area contributed by atoms with E-state index in [4.69, 9.17) is 11.6 Å². The smallest absolute Gasteiger partial charge is 0.288 e. The quantitative estimate of drug-likeness (QED) is 0.681. The van der Waals surface area contributed by atoms with Crippen LogP contribution in [0.3, 0.4) is 0 Å². The first-order valence-corrected chi connectivity index (χ1v) is 7.76. The second-order valence-corrected chi connectivity index (χ2v) is 5.95. The zero-order valence-corrected chi connectivity index (χ0v) is 13.0. The molecule has 1 aliphatic rings. The molecule has 1 aliphatic carbocycles. The molecule has 0 aliphatic heterocycles. The number of hydrogen-bond donors (Lipinski definition) is 1. The normalized spacial score (nSPS) is 16.5. The Morgan fingerprint density at radius 3 is 2.83 bits per heavy atom. The van der Waals surface area contributed by atoms with E-state index in [0.29, 0.717) is 0 Å². The van der Waals surface area contributed by atoms with E-state index in [0.717, 1.165) is 24.8 Å². The number of hydrogen-bond acceptors (Lipinski definition) is 3. The molecule has 0 heterocycles. The monoisotopic (exact) mass is 330 g/mol. The molecule has 0 saturated carbocycles. The number of nitro benzene ring substituents is 1. The molecule has 0 saturated heterocycles. The van der Waals surface area contributed by atoms with Crippen LogP contribution < -0.4 is 5.32 Å². The molecule has 5 nitrogen and oxygen atoms in total. The molecule has 0 unspecified atom stereocenters. The minimum Gasteiger partial charge on any atom is -0.345 e. The highest BCUT2D eigenvalue weighted by atomic mass is 35.5. The summed E-state index contributed by atoms with van der Waals surface area (Å²) in [6.45, 7) is 0. The number of benzene rings is 2. The summed E-state index contributed by atoms with van der Waals surface area (Å²) in [4.78, 5) is 22.8. The average Bonchev–Trinajstić information content (AvgIpc) is 2.55. The van der Waals surface area contributed by atoms with Crippen LogP contribution in [-0.2, 0) is 6.42 Å². The Kier molecular flexibility index (Phi) is 4.30. The Hall–Kier alpha value is -2.40. The zero-order chi connectivity index (χ0) is 16.4. The number of fused-ring (bicyclic) bond motifs is 1. The van der Waals surface area contributed by atoms with Crippen molar-refractivity contribution in [3.8, 4) is 0 Å². The highest BCUT2D eigenvalue weighted by molar-refractivity contribution is 6.32. The lowest BCUT2D eigenvalue weighted by molar-refractivity contribution is -0.384. The van der Waals surface area contributed by atoms with E-state index in [9.17, 15) is 14.9 Å². The van der Waals surface area contributed by atoms with Crippen molar-refractivity contribution < 1.29 is 9.72 Å². The van der Waals surface area contributed by atoms with Gasteiger partial charge in [0.1, 0.15) is 5.02 Å². The summed E-state index contributed by atoms with van der Waals surface area (Å²) >= 11 is 5.78. The van der Waals surface area contributed by atoms with E-state index in [2.05, 4.69) is 11.4 Å². The largest absolute Gasteiger partial charge is 0.345 e. The van der Waals surface area contributed by atoms with Gasteiger partial charge < -0.3 is 5.32 Å². The van der Waals surface area contributed by atoms with E-state index in [1.165, 1.54) is 23.8 Å². The maximum atomic E-state index is 12.4. The highest BCUT2D eigenvalue weighted by Crippen LogP contribution is 2.30. The van der Waals surface area contributed by atoms with Crippen LogP contribution in [0.2, 0.25) is 5.02 Å². The number of halogens is 1. The molecule has 2 aromatic carbocycles. The summed E-state index contributed by atoms with van der Waals surface area (Å²) in [5.41, 5.74) is 2.34. The molecule has 118 valence electrons. The van der Waals surface area contributed by atoms with Crippen molar-refractivity contribution in [3.63, 3.8) is 0 Å². The van der Waals surface area contributed by atoms with Crippen LogP contribution in [0.25, 0.3) is 0 Å². The van der Waals surface area contributed by atoms with Gasteiger partial charge in [0.05, 0.1) is 11.0 Å². The molecule has 1 amide bonds. The number of rotatable bonds is 3. The molecule has 0 aromatic heterocycles. The Balaban J connectivity index is 1.83. The average molecular weight is 331 g/mol. The van der Waals surface area contributed by atoms with Crippen molar-refractivity contribution >= 4 is 23.2 Å². The van der Waals surface area contributed by atoms with Crippen molar-refractivity contribution in [2.24, 2.45) is 0 Å². The second-order valence-electron chi connectivity index (χ2n) is 5.54. The van der Waals surface area contributed by atoms with Crippen LogP contribution >= 0.6 is 11.6 Å². The van der Waals surface area contributed by atoms with Gasteiger partial charge in [-0.05, 0) is 42.5 Å². The number of nitrogens with zero attached hydrogens (tertiary/aromatic N) is 1. The number of nitrogens with one attached hydrogen (secondary N) is 1. The molecule has 1 N–H and O–H groups in total. The second kappa shape index (κ2) is 6.38. The Morgan fingerprint density at radius 2 is 2.04 bits per heavy atom. The fraction of sp³-hybridized carbons (Fsp3) is 0.235. The summed E-state index contributed by atoms with van der Waals surface area (Å²) in [7, 11) is 0. The van der Waals surface area contributed by atoms with E-state index in [-0.39, 0.29) is 28.2 Å². The lowest BCUT2D eigenvalue weighted by Gasteiger charge is -2.26. The van der Waals surface area contributed by atoms with Crippen LogP contribution in [0.5, 0.6) is 0 Å². The summed E-state index contributed by atoms with van der Waals surface area (Å²) in [6.07, 6.45) is 2.87. The molecule has 0 radical (unpaired) electrons. The number of carbonyl (C=O) groups is 1. The first-order valence-electron chi connectivity index (χ1n) is 7.39. The van der Waals surface area contributed by atoms with Gasteiger partial charge in [-0.3, -0.25) is 14.9 Å². The van der Waals surface area contributed by atoms with Gasteiger partial charge >= 0.3 is 0 Å². The maximum Gasteiger partial charge on any atom is 0.288 e. The lowest BCUT2D eigenvalue weighted by atomic mass is 9.87. The first-order chi connectivity index (χ1) is 11.1. The molecular formula is C17H15ClN2O3. The van der Waals surface area contributed by atoms with Crippen molar-refractivity contribution in [3.05, 3.63) is 74.3 Å². The Morgan fingerprint density at radius 1 is 1.26 bits per heavy atom. The summed E-state index contributed by atoms with van der Waals surface area (Å²) < 4.78 is 0. The number of carbonyl (C=O) groups excluding carboxylic acids is 1. The SMILES string of the molecule is O=C(N[C@@H]1CCCc2ccccc21)c1ccc(Cl)c([N+](=O)[O-])c1. The molecule has 23 heavy (non-hydrogen) atoms. The van der Waals surface area contributed by atoms with Crippen molar-refractivity contribution in [2.75, 3.05) is 0 Å². The van der Waals surface area contributed by atoms with Gasteiger partial charge in [0.15, 0.2) is 0 Å². The third-order valence-electron chi connectivity index (χ3n) is 4.08. The first kappa shape index (κ1) is 15.5. The molecule has 3 rings (SSSR count). The molecule has 0 bridgehead atoms. The van der Waals surface area contributed by atoms with Gasteiger partial charge in [-0.1, -0.05) is 35.9 Å². The number of aryl methyl sites for hydroxylation is 1. The van der Waals surface area contributed by atoms with Gasteiger partial charge in [0.25, 0.3) is 11.6 Å². The van der Waals surface area contributed by atoms with Crippen LogP contribution in [0.1, 0.15) is 40.4 Å². The van der Waals surface area contributed by atoms with E-state index >= 15 is 0 Å². The van der Waals surface area contributed by atoms with Crippen LogP contribution in [0, 0.1) is 10.1 Å². The predicted molar refractivity (Wildman–Crippen MR) is 87.7 cm³/mol. The summed E-state index contributed by atoms with van der Waals surface area (Å²) in [5.74, 6) is -0.327. The highest BCUT2D eigenvalue weighted by Gasteiger charge is 2.23. The summed E-state index contributed by atoms with van der Waals surface area (Å²) in [6, 6.07) is 12.1. The van der Waals surface area contributed by atoms with Crippen LogP contribution in [-0.4, -0.2) is 10.8 Å². The van der Waals surface area contributed by atoms with E-state index in [1.807, 2.05) is 18.2 Å². The standard InChI is InChI=1S/C17H15ClN2O3/c18-14-9-8-12(10-16(14)20(22)23)17(21)19-15-7-3-5-11-4-1-2-6-13(11)15/h1-2,4,6,8-10,15H,3,5,7H2,(H,19,21)/t15-/m1/s1. The number of amides is 1. The third-order valence-corrected chi connectivity index (χ3v) is 4.40. The summed E-state index contributed by atoms with van der Waals surface area (Å²) in [5, 5.41) is 13.9. The molecule has 1 atom stereocenters. The number of nitro groups is 1. The third kappa shape index (κ3) is 3.19. The van der Waals surface area contributed by atoms with Crippen molar-refractivity contribution in [1.82, 2.24) is 5.32 Å². The minimum absolute atomic E-state index is 0.0227. The zero-order valence-electron chi connectivity index (χ0n) is 12.3. The predicted octanol–water partition coefficient (Wildman–Crippen LogP) is 4.06. The molecular weight excluding hydrogens is 316 g/mol. The van der Waals surface area contributed by atoms with Gasteiger partial charge in [-0.15, -0.1) is 0 Å². The topological polar surface area (TPSA) is 72.2 Å². The molecule has 0 spiro atoms. The van der Waals surface area contributed by atoms with Gasteiger partial charge in [0, 0.05) is 11.6 Å². The van der Waals surface area contributed by atoms with E-state index in [1.54, 1.807) is 0 Å². The van der Waals surface area contributed by atoms with Gasteiger partial charge in [-0.25, -0.2) is 0 Å². The van der Waals surface area contributed by atoms with Gasteiger partial charge in [0.2, 0.25) is 0 Å². The fourth-order valence-electron chi connectivity index (χ4n) is 2.94. The van der Waals surface area contributed by atoms with Crippen molar-refractivity contribution in [1.29, 1.82) is 0 Å². The lowest BCUT2D eigenvalue weighted by Crippen LogP contribution is -2.31. The fourth-order valence-corrected chi connectivity index (χ4v) is 3.13. The Bertz CT molecular complexity index is 776. The van der Waals surface area contributed by atoms with E-state index < -0.39 is 4.92 Å². The van der Waals surface area contributed by atoms with Crippen LogP contribution in [0.15, 0.2) is 42.5 Å². The van der Waals surface area contributed by atoms with Gasteiger partial charge in [-0.2, -0.15) is 0 Å². The maximum absolute atomic E-state index is 12.4. The molecule has 0 fully saturated rings. The molecule has 2 aromatic rings. The van der Waals surface area contributed by atoms with Crippen LogP contribution in [0.4, 0.5) is 5.69 Å². The van der Waals surface area contributed by atoms with Crippen molar-refractivity contribution in [2.45, 2.75) is 25.3 Å².